The fourth-order valence-electron chi connectivity index (χ4n) is 1.80. The van der Waals surface area contributed by atoms with Crippen LogP contribution in [0.3, 0.4) is 0 Å². The van der Waals surface area contributed by atoms with Gasteiger partial charge in [0.2, 0.25) is 0 Å². The highest BCUT2D eigenvalue weighted by atomic mass is 35.5. The Kier molecular flexibility index (Phi) is 4.20. The van der Waals surface area contributed by atoms with Crippen LogP contribution in [0.4, 0.5) is 4.79 Å². The van der Waals surface area contributed by atoms with Gasteiger partial charge in [-0.2, -0.15) is 5.10 Å². The molecule has 1 aliphatic rings. The number of nitrogens with zero attached hydrogens (tertiary/aromatic N) is 2. The first-order valence-corrected chi connectivity index (χ1v) is 6.46. The van der Waals surface area contributed by atoms with E-state index in [1.54, 1.807) is 4.90 Å². The summed E-state index contributed by atoms with van der Waals surface area (Å²) in [5, 5.41) is 4.80. The third-order valence-electron chi connectivity index (χ3n) is 2.87. The summed E-state index contributed by atoms with van der Waals surface area (Å²) < 4.78 is 0. The molecule has 5 heteroatoms. The first-order chi connectivity index (χ1) is 8.70. The highest BCUT2D eigenvalue weighted by molar-refractivity contribution is 6.30. The Morgan fingerprint density at radius 1 is 1.39 bits per heavy atom. The largest absolute Gasteiger partial charge is 0.338 e. The van der Waals surface area contributed by atoms with Crippen LogP contribution in [-0.2, 0) is 0 Å². The van der Waals surface area contributed by atoms with Crippen molar-refractivity contribution in [3.8, 4) is 0 Å². The van der Waals surface area contributed by atoms with Crippen LogP contribution in [0.15, 0.2) is 29.4 Å². The molecule has 1 aromatic rings. The molecule has 0 unspecified atom stereocenters. The maximum absolute atomic E-state index is 11.6. The highest BCUT2D eigenvalue weighted by Crippen LogP contribution is 2.12. The first kappa shape index (κ1) is 12.9. The Hall–Kier alpha value is -1.55. The van der Waals surface area contributed by atoms with Crippen molar-refractivity contribution in [2.45, 2.75) is 19.8 Å². The van der Waals surface area contributed by atoms with E-state index in [9.17, 15) is 4.79 Å². The predicted molar refractivity (Wildman–Crippen MR) is 73.0 cm³/mol. The van der Waals surface area contributed by atoms with Gasteiger partial charge in [0.15, 0.2) is 0 Å². The van der Waals surface area contributed by atoms with E-state index in [1.807, 2.05) is 24.3 Å². The van der Waals surface area contributed by atoms with Crippen molar-refractivity contribution in [2.75, 3.05) is 13.1 Å². The lowest BCUT2D eigenvalue weighted by Gasteiger charge is -2.26. The van der Waals surface area contributed by atoms with Crippen molar-refractivity contribution in [2.24, 2.45) is 5.10 Å². The summed E-state index contributed by atoms with van der Waals surface area (Å²) in [7, 11) is 0. The predicted octanol–water partition coefficient (Wildman–Crippen LogP) is 2.87. The number of rotatable bonds is 4. The topological polar surface area (TPSA) is 44.7 Å². The number of halogens is 1. The fourth-order valence-corrected chi connectivity index (χ4v) is 1.93. The van der Waals surface area contributed by atoms with E-state index in [4.69, 9.17) is 11.6 Å². The van der Waals surface area contributed by atoms with Crippen LogP contribution in [-0.4, -0.2) is 29.7 Å². The number of carbonyl (C=O) groups excluding carboxylic acids is 1. The average molecular weight is 266 g/mol. The lowest BCUT2D eigenvalue weighted by Crippen LogP contribution is -2.46. The number of benzene rings is 1. The minimum atomic E-state index is -0.124. The van der Waals surface area contributed by atoms with Gasteiger partial charge in [-0.25, -0.2) is 10.2 Å². The lowest BCUT2D eigenvalue weighted by molar-refractivity contribution is 0.201. The van der Waals surface area contributed by atoms with Crippen LogP contribution in [0.2, 0.25) is 5.02 Å². The van der Waals surface area contributed by atoms with Gasteiger partial charge in [-0.1, -0.05) is 37.1 Å². The number of urea groups is 1. The van der Waals surface area contributed by atoms with Crippen molar-refractivity contribution in [1.82, 2.24) is 10.3 Å². The molecule has 1 N–H and O–H groups in total. The Balaban J connectivity index is 2.10. The Morgan fingerprint density at radius 2 is 2.11 bits per heavy atom. The molecule has 2 amide bonds. The van der Waals surface area contributed by atoms with E-state index >= 15 is 0 Å². The van der Waals surface area contributed by atoms with Crippen LogP contribution in [0.1, 0.15) is 25.3 Å². The molecule has 0 aromatic heterocycles. The van der Waals surface area contributed by atoms with Crippen LogP contribution < -0.4 is 5.43 Å². The summed E-state index contributed by atoms with van der Waals surface area (Å²) in [6.45, 7) is 3.42. The van der Waals surface area contributed by atoms with Gasteiger partial charge >= 0.3 is 6.03 Å². The molecule has 0 saturated heterocycles. The summed E-state index contributed by atoms with van der Waals surface area (Å²) in [4.78, 5) is 13.4. The molecule has 4 nitrogen and oxygen atoms in total. The van der Waals surface area contributed by atoms with Crippen LogP contribution in [0.5, 0.6) is 0 Å². The van der Waals surface area contributed by atoms with Crippen molar-refractivity contribution in [3.05, 3.63) is 34.9 Å². The zero-order chi connectivity index (χ0) is 13.0. The van der Waals surface area contributed by atoms with E-state index in [2.05, 4.69) is 17.5 Å². The van der Waals surface area contributed by atoms with Gasteiger partial charge in [0.1, 0.15) is 0 Å². The van der Waals surface area contributed by atoms with E-state index < -0.39 is 0 Å². The van der Waals surface area contributed by atoms with Gasteiger partial charge in [-0.3, -0.25) is 0 Å². The Labute approximate surface area is 112 Å². The standard InChI is InChI=1S/C13H16ClN3O/c1-2-3-8-17-9-12(15-16-13(17)18)10-4-6-11(14)7-5-10/h4-7H,2-3,8-9H2,1H3,(H,16,18). The minimum absolute atomic E-state index is 0.124. The Bertz CT molecular complexity index is 456. The van der Waals surface area contributed by atoms with Crippen molar-refractivity contribution in [1.29, 1.82) is 0 Å². The molecule has 0 aliphatic carbocycles. The number of hydrazone groups is 1. The molecule has 2 rings (SSSR count). The van der Waals surface area contributed by atoms with E-state index in [-0.39, 0.29) is 6.03 Å². The quantitative estimate of drug-likeness (QED) is 0.894. The number of hydrogen-bond acceptors (Lipinski definition) is 2. The molecule has 0 bridgehead atoms. The van der Waals surface area contributed by atoms with Gasteiger partial charge in [0.25, 0.3) is 0 Å². The van der Waals surface area contributed by atoms with E-state index in [0.29, 0.717) is 11.6 Å². The maximum Gasteiger partial charge on any atom is 0.338 e. The number of nitrogens with one attached hydrogen (secondary N) is 1. The molecule has 0 atom stereocenters. The number of unbranched alkanes of at least 4 members (excludes halogenated alkanes) is 1. The van der Waals surface area contributed by atoms with Crippen molar-refractivity contribution < 1.29 is 4.79 Å². The maximum atomic E-state index is 11.6. The van der Waals surface area contributed by atoms with Crippen LogP contribution >= 0.6 is 11.6 Å². The molecule has 0 spiro atoms. The normalized spacial score (nSPS) is 15.3. The average Bonchev–Trinajstić information content (AvgIpc) is 2.39. The second-order valence-electron chi connectivity index (χ2n) is 4.26. The molecular weight excluding hydrogens is 250 g/mol. The fraction of sp³-hybridized carbons (Fsp3) is 0.385. The molecule has 1 aromatic carbocycles. The monoisotopic (exact) mass is 265 g/mol. The van der Waals surface area contributed by atoms with Gasteiger partial charge in [-0.05, 0) is 24.1 Å². The minimum Gasteiger partial charge on any atom is -0.317 e. The molecule has 1 heterocycles. The van der Waals surface area contributed by atoms with Crippen LogP contribution in [0.25, 0.3) is 0 Å². The number of carbonyl (C=O) groups is 1. The zero-order valence-corrected chi connectivity index (χ0v) is 11.1. The molecule has 1 aliphatic heterocycles. The molecule has 0 radical (unpaired) electrons. The van der Waals surface area contributed by atoms with Crippen LogP contribution in [0, 0.1) is 0 Å². The van der Waals surface area contributed by atoms with Gasteiger partial charge in [0.05, 0.1) is 12.3 Å². The van der Waals surface area contributed by atoms with E-state index in [0.717, 1.165) is 30.7 Å². The summed E-state index contributed by atoms with van der Waals surface area (Å²) in [5.74, 6) is 0. The first-order valence-electron chi connectivity index (χ1n) is 6.08. The van der Waals surface area contributed by atoms with Gasteiger partial charge in [-0.15, -0.1) is 0 Å². The van der Waals surface area contributed by atoms with Crippen molar-refractivity contribution >= 4 is 23.3 Å². The summed E-state index contributed by atoms with van der Waals surface area (Å²) in [6.07, 6.45) is 2.07. The summed E-state index contributed by atoms with van der Waals surface area (Å²) in [6, 6.07) is 7.35. The molecular formula is C13H16ClN3O. The summed E-state index contributed by atoms with van der Waals surface area (Å²) in [5.41, 5.74) is 4.40. The second kappa shape index (κ2) is 5.87. The third-order valence-corrected chi connectivity index (χ3v) is 3.13. The number of hydrogen-bond donors (Lipinski definition) is 1. The smallest absolute Gasteiger partial charge is 0.317 e. The highest BCUT2D eigenvalue weighted by Gasteiger charge is 2.20. The second-order valence-corrected chi connectivity index (χ2v) is 4.69. The zero-order valence-electron chi connectivity index (χ0n) is 10.3. The van der Waals surface area contributed by atoms with Crippen molar-refractivity contribution in [3.63, 3.8) is 0 Å². The molecule has 96 valence electrons. The van der Waals surface area contributed by atoms with E-state index in [1.165, 1.54) is 0 Å². The van der Waals surface area contributed by atoms with Gasteiger partial charge < -0.3 is 4.90 Å². The van der Waals surface area contributed by atoms with Gasteiger partial charge in [0, 0.05) is 11.6 Å². The molecule has 0 saturated carbocycles. The molecule has 0 fully saturated rings. The third kappa shape index (κ3) is 3.01. The molecule has 18 heavy (non-hydrogen) atoms. The Morgan fingerprint density at radius 3 is 2.78 bits per heavy atom. The summed E-state index contributed by atoms with van der Waals surface area (Å²) >= 11 is 5.85. The lowest BCUT2D eigenvalue weighted by atomic mass is 10.1. The number of amides is 2. The SMILES string of the molecule is CCCCN1CC(c2ccc(Cl)cc2)=NNC1=O.